The van der Waals surface area contributed by atoms with Crippen LogP contribution in [-0.4, -0.2) is 23.9 Å². The van der Waals surface area contributed by atoms with E-state index in [0.717, 1.165) is 0 Å². The van der Waals surface area contributed by atoms with Crippen LogP contribution in [0.3, 0.4) is 0 Å². The Morgan fingerprint density at radius 2 is 1.88 bits per heavy atom. The van der Waals surface area contributed by atoms with Gasteiger partial charge in [-0.05, 0) is 31.2 Å². The summed E-state index contributed by atoms with van der Waals surface area (Å²) in [5.41, 5.74) is 5.59. The van der Waals surface area contributed by atoms with Gasteiger partial charge in [0.25, 0.3) is 11.6 Å². The van der Waals surface area contributed by atoms with Crippen molar-refractivity contribution in [3.8, 4) is 11.5 Å². The van der Waals surface area contributed by atoms with E-state index in [1.165, 1.54) is 50.4 Å². The Morgan fingerprint density at radius 1 is 1.17 bits per heavy atom. The van der Waals surface area contributed by atoms with E-state index in [-0.39, 0.29) is 22.6 Å². The van der Waals surface area contributed by atoms with Gasteiger partial charge in [-0.3, -0.25) is 14.9 Å². The molecule has 0 unspecified atom stereocenters. The predicted octanol–water partition coefficient (Wildman–Crippen LogP) is 2.23. The first-order chi connectivity index (χ1) is 11.3. The van der Waals surface area contributed by atoms with Crippen molar-refractivity contribution < 1.29 is 24.0 Å². The topological polar surface area (TPSA) is 122 Å². The van der Waals surface area contributed by atoms with E-state index < -0.39 is 16.8 Å². The van der Waals surface area contributed by atoms with Gasteiger partial charge in [-0.25, -0.2) is 4.79 Å². The van der Waals surface area contributed by atoms with Crippen molar-refractivity contribution in [2.45, 2.75) is 6.92 Å². The number of esters is 1. The molecule has 8 heteroatoms. The number of benzene rings is 2. The number of primary amides is 1. The summed E-state index contributed by atoms with van der Waals surface area (Å²) in [7, 11) is 1.42. The first-order valence-electron chi connectivity index (χ1n) is 6.78. The molecule has 0 aliphatic heterocycles. The predicted molar refractivity (Wildman–Crippen MR) is 84.3 cm³/mol. The van der Waals surface area contributed by atoms with Crippen molar-refractivity contribution in [1.82, 2.24) is 0 Å². The molecule has 8 nitrogen and oxygen atoms in total. The molecule has 0 saturated carbocycles. The third kappa shape index (κ3) is 3.49. The number of hydrogen-bond acceptors (Lipinski definition) is 6. The van der Waals surface area contributed by atoms with E-state index in [2.05, 4.69) is 0 Å². The van der Waals surface area contributed by atoms with Crippen molar-refractivity contribution in [1.29, 1.82) is 0 Å². The second-order valence-electron chi connectivity index (χ2n) is 4.87. The number of aryl methyl sites for hydroxylation is 1. The van der Waals surface area contributed by atoms with Crippen LogP contribution in [0, 0.1) is 17.0 Å². The summed E-state index contributed by atoms with van der Waals surface area (Å²) in [6.45, 7) is 1.51. The fourth-order valence-corrected chi connectivity index (χ4v) is 2.06. The average Bonchev–Trinajstić information content (AvgIpc) is 2.53. The Labute approximate surface area is 136 Å². The third-order valence-electron chi connectivity index (χ3n) is 3.29. The number of carbonyl (C=O) groups excluding carboxylic acids is 2. The molecular formula is C16H14N2O6. The Hall–Kier alpha value is -3.42. The van der Waals surface area contributed by atoms with Crippen LogP contribution in [-0.2, 0) is 0 Å². The average molecular weight is 330 g/mol. The Bertz CT molecular complexity index is 831. The van der Waals surface area contributed by atoms with Gasteiger partial charge in [0.1, 0.15) is 11.5 Å². The quantitative estimate of drug-likeness (QED) is 0.388. The van der Waals surface area contributed by atoms with Crippen LogP contribution in [0.2, 0.25) is 0 Å². The highest BCUT2D eigenvalue weighted by Gasteiger charge is 2.18. The highest BCUT2D eigenvalue weighted by Crippen LogP contribution is 2.26. The van der Waals surface area contributed by atoms with Gasteiger partial charge in [-0.15, -0.1) is 0 Å². The molecule has 0 aliphatic rings. The lowest BCUT2D eigenvalue weighted by atomic mass is 10.1. The number of nitro groups is 1. The molecule has 2 rings (SSSR count). The van der Waals surface area contributed by atoms with Crippen molar-refractivity contribution in [2.24, 2.45) is 5.73 Å². The molecule has 0 aliphatic carbocycles. The number of amides is 1. The zero-order valence-electron chi connectivity index (χ0n) is 12.9. The van der Waals surface area contributed by atoms with E-state index in [4.69, 9.17) is 15.2 Å². The van der Waals surface area contributed by atoms with Gasteiger partial charge in [-0.1, -0.05) is 0 Å². The van der Waals surface area contributed by atoms with Gasteiger partial charge in [0.15, 0.2) is 0 Å². The number of methoxy groups -OCH3 is 1. The van der Waals surface area contributed by atoms with Crippen molar-refractivity contribution in [3.05, 3.63) is 63.2 Å². The molecule has 24 heavy (non-hydrogen) atoms. The molecule has 0 heterocycles. The van der Waals surface area contributed by atoms with Crippen molar-refractivity contribution >= 4 is 17.6 Å². The molecule has 1 amide bonds. The van der Waals surface area contributed by atoms with Crippen LogP contribution in [0.5, 0.6) is 11.5 Å². The monoisotopic (exact) mass is 330 g/mol. The van der Waals surface area contributed by atoms with Crippen LogP contribution in [0.15, 0.2) is 36.4 Å². The molecule has 124 valence electrons. The van der Waals surface area contributed by atoms with Gasteiger partial charge < -0.3 is 15.2 Å². The van der Waals surface area contributed by atoms with Gasteiger partial charge in [0.2, 0.25) is 0 Å². The molecule has 0 fully saturated rings. The largest absolute Gasteiger partial charge is 0.497 e. The molecule has 0 bridgehead atoms. The third-order valence-corrected chi connectivity index (χ3v) is 3.29. The van der Waals surface area contributed by atoms with Crippen molar-refractivity contribution in [3.63, 3.8) is 0 Å². The maximum absolute atomic E-state index is 12.2. The zero-order chi connectivity index (χ0) is 17.9. The molecule has 0 spiro atoms. The minimum Gasteiger partial charge on any atom is -0.497 e. The summed E-state index contributed by atoms with van der Waals surface area (Å²) >= 11 is 0. The minimum absolute atomic E-state index is 0.0165. The first-order valence-corrected chi connectivity index (χ1v) is 6.78. The second kappa shape index (κ2) is 6.78. The molecule has 2 N–H and O–H groups in total. The second-order valence-corrected chi connectivity index (χ2v) is 4.87. The fraction of sp³-hybridized carbons (Fsp3) is 0.125. The highest BCUT2D eigenvalue weighted by molar-refractivity contribution is 5.98. The van der Waals surface area contributed by atoms with E-state index >= 15 is 0 Å². The number of carbonyl (C=O) groups is 2. The Balaban J connectivity index is 2.34. The summed E-state index contributed by atoms with van der Waals surface area (Å²) in [5, 5.41) is 10.8. The van der Waals surface area contributed by atoms with E-state index in [1.807, 2.05) is 0 Å². The normalized spacial score (nSPS) is 10.1. The minimum atomic E-state index is -0.774. The fourth-order valence-electron chi connectivity index (χ4n) is 2.06. The summed E-state index contributed by atoms with van der Waals surface area (Å²) in [6, 6.07) is 8.07. The molecule has 0 atom stereocenters. The van der Waals surface area contributed by atoms with Crippen molar-refractivity contribution in [2.75, 3.05) is 7.11 Å². The Morgan fingerprint density at radius 3 is 2.42 bits per heavy atom. The molecular weight excluding hydrogens is 316 g/mol. The van der Waals surface area contributed by atoms with Gasteiger partial charge >= 0.3 is 5.97 Å². The number of rotatable bonds is 5. The van der Waals surface area contributed by atoms with E-state index in [0.29, 0.717) is 11.3 Å². The molecule has 0 saturated heterocycles. The highest BCUT2D eigenvalue weighted by atomic mass is 16.6. The summed E-state index contributed by atoms with van der Waals surface area (Å²) in [4.78, 5) is 33.9. The standard InChI is InChI=1S/C16H14N2O6/c1-9-7-10(3-6-13(9)18(21)22)16(20)24-14-8-11(23-2)4-5-12(14)15(17)19/h3-8H,1-2H3,(H2,17,19). The number of ether oxygens (including phenoxy) is 2. The maximum Gasteiger partial charge on any atom is 0.343 e. The van der Waals surface area contributed by atoms with Gasteiger partial charge in [0, 0.05) is 17.7 Å². The molecule has 0 radical (unpaired) electrons. The van der Waals surface area contributed by atoms with Gasteiger partial charge in [-0.2, -0.15) is 0 Å². The maximum atomic E-state index is 12.2. The SMILES string of the molecule is COc1ccc(C(N)=O)c(OC(=O)c2ccc([N+](=O)[O-])c(C)c2)c1. The van der Waals surface area contributed by atoms with E-state index in [1.54, 1.807) is 0 Å². The smallest absolute Gasteiger partial charge is 0.343 e. The number of nitrogens with two attached hydrogens (primary N) is 1. The van der Waals surface area contributed by atoms with E-state index in [9.17, 15) is 19.7 Å². The number of nitrogens with zero attached hydrogens (tertiary/aromatic N) is 1. The summed E-state index contributed by atoms with van der Waals surface area (Å²) in [6.07, 6.45) is 0. The Kier molecular flexibility index (Phi) is 4.78. The lowest BCUT2D eigenvalue weighted by molar-refractivity contribution is -0.385. The number of hydrogen-bond donors (Lipinski definition) is 1. The first kappa shape index (κ1) is 16.9. The molecule has 2 aromatic rings. The zero-order valence-corrected chi connectivity index (χ0v) is 12.9. The molecule has 2 aromatic carbocycles. The van der Waals surface area contributed by atoms with Crippen LogP contribution < -0.4 is 15.2 Å². The molecule has 0 aromatic heterocycles. The van der Waals surface area contributed by atoms with Gasteiger partial charge in [0.05, 0.1) is 23.2 Å². The lowest BCUT2D eigenvalue weighted by Gasteiger charge is -2.10. The van der Waals surface area contributed by atoms with Crippen LogP contribution in [0.25, 0.3) is 0 Å². The summed E-state index contributed by atoms with van der Waals surface area (Å²) in [5.74, 6) is -1.21. The summed E-state index contributed by atoms with van der Waals surface area (Å²) < 4.78 is 10.2. The van der Waals surface area contributed by atoms with Crippen LogP contribution in [0.4, 0.5) is 5.69 Å². The van der Waals surface area contributed by atoms with Crippen LogP contribution in [0.1, 0.15) is 26.3 Å². The van der Waals surface area contributed by atoms with Crippen LogP contribution >= 0.6 is 0 Å². The lowest BCUT2D eigenvalue weighted by Crippen LogP contribution is -2.16. The number of nitro benzene ring substituents is 1.